The number of hydrogen-bond acceptors (Lipinski definition) is 5. The van der Waals surface area contributed by atoms with Crippen LogP contribution in [0.15, 0.2) is 12.4 Å². The maximum atomic E-state index is 11.2. The molecule has 1 aliphatic rings. The quantitative estimate of drug-likeness (QED) is 0.791. The topological polar surface area (TPSA) is 72.0 Å². The maximum Gasteiger partial charge on any atom is 0.222 e. The summed E-state index contributed by atoms with van der Waals surface area (Å²) < 4.78 is 22.4. The van der Waals surface area contributed by atoms with Crippen LogP contribution in [0.5, 0.6) is 0 Å². The normalized spacial score (nSPS) is 23.9. The van der Waals surface area contributed by atoms with Crippen LogP contribution in [0, 0.1) is 6.92 Å². The molecule has 1 aliphatic heterocycles. The second-order valence-electron chi connectivity index (χ2n) is 3.83. The van der Waals surface area contributed by atoms with Crippen LogP contribution in [0.25, 0.3) is 0 Å². The summed E-state index contributed by atoms with van der Waals surface area (Å²) >= 11 is 0. The fourth-order valence-electron chi connectivity index (χ4n) is 1.56. The monoisotopic (exact) mass is 227 g/mol. The molecule has 1 aromatic heterocycles. The number of nitrogens with one attached hydrogen (secondary N) is 1. The van der Waals surface area contributed by atoms with Gasteiger partial charge < -0.3 is 5.32 Å². The van der Waals surface area contributed by atoms with E-state index in [1.54, 1.807) is 12.4 Å². The van der Waals surface area contributed by atoms with Crippen molar-refractivity contribution in [3.05, 3.63) is 18.0 Å². The first-order valence-corrected chi connectivity index (χ1v) is 6.63. The lowest BCUT2D eigenvalue weighted by molar-refractivity contribution is 0.602. The molecule has 1 atom stereocenters. The fraction of sp³-hybridized carbons (Fsp3) is 0.556. The van der Waals surface area contributed by atoms with Crippen LogP contribution < -0.4 is 5.32 Å². The third-order valence-electron chi connectivity index (χ3n) is 2.35. The Hall–Kier alpha value is -1.17. The van der Waals surface area contributed by atoms with E-state index >= 15 is 0 Å². The standard InChI is InChI=1S/C9H13N3O2S/c1-7-4-10-9(11-5-7)12-8-2-3-15(13,14)6-8/h4-5,8H,2-3,6H2,1H3,(H,10,11,12). The Balaban J connectivity index is 2.02. The summed E-state index contributed by atoms with van der Waals surface area (Å²) in [7, 11) is -2.84. The summed E-state index contributed by atoms with van der Waals surface area (Å²) in [5.41, 5.74) is 0.986. The summed E-state index contributed by atoms with van der Waals surface area (Å²) in [5, 5.41) is 3.02. The fourth-order valence-corrected chi connectivity index (χ4v) is 3.23. The van der Waals surface area contributed by atoms with Crippen molar-refractivity contribution in [2.24, 2.45) is 0 Å². The molecular formula is C9H13N3O2S. The molecule has 0 amide bonds. The van der Waals surface area contributed by atoms with Gasteiger partial charge in [0.2, 0.25) is 5.95 Å². The smallest absolute Gasteiger partial charge is 0.222 e. The van der Waals surface area contributed by atoms with E-state index in [9.17, 15) is 8.42 Å². The molecule has 0 radical (unpaired) electrons. The Morgan fingerprint density at radius 1 is 1.40 bits per heavy atom. The van der Waals surface area contributed by atoms with E-state index in [4.69, 9.17) is 0 Å². The summed E-state index contributed by atoms with van der Waals surface area (Å²) in [6.45, 7) is 1.91. The molecule has 0 spiro atoms. The van der Waals surface area contributed by atoms with Crippen LogP contribution in [-0.4, -0.2) is 35.9 Å². The minimum absolute atomic E-state index is 0.0438. The van der Waals surface area contributed by atoms with Gasteiger partial charge in [0.25, 0.3) is 0 Å². The van der Waals surface area contributed by atoms with Crippen LogP contribution >= 0.6 is 0 Å². The van der Waals surface area contributed by atoms with Crippen molar-refractivity contribution in [1.82, 2.24) is 9.97 Å². The maximum absolute atomic E-state index is 11.2. The van der Waals surface area contributed by atoms with Crippen molar-refractivity contribution in [2.75, 3.05) is 16.8 Å². The lowest BCUT2D eigenvalue weighted by atomic mass is 10.3. The molecule has 1 unspecified atom stereocenters. The average Bonchev–Trinajstić information content (AvgIpc) is 2.50. The molecule has 0 aliphatic carbocycles. The third kappa shape index (κ3) is 2.65. The van der Waals surface area contributed by atoms with Crippen LogP contribution in [-0.2, 0) is 9.84 Å². The van der Waals surface area contributed by atoms with Gasteiger partial charge >= 0.3 is 0 Å². The molecule has 0 saturated carbocycles. The molecule has 0 aromatic carbocycles. The largest absolute Gasteiger partial charge is 0.350 e. The van der Waals surface area contributed by atoms with Crippen LogP contribution in [0.4, 0.5) is 5.95 Å². The highest BCUT2D eigenvalue weighted by Gasteiger charge is 2.28. The van der Waals surface area contributed by atoms with Gasteiger partial charge in [-0.15, -0.1) is 0 Å². The van der Waals surface area contributed by atoms with Gasteiger partial charge in [0, 0.05) is 18.4 Å². The molecular weight excluding hydrogens is 214 g/mol. The molecule has 82 valence electrons. The predicted octanol–water partition coefficient (Wildman–Crippen LogP) is 0.384. The number of aryl methyl sites for hydroxylation is 1. The number of anilines is 1. The second-order valence-corrected chi connectivity index (χ2v) is 6.06. The number of hydrogen-bond donors (Lipinski definition) is 1. The zero-order valence-electron chi connectivity index (χ0n) is 8.47. The number of sulfone groups is 1. The average molecular weight is 227 g/mol. The second kappa shape index (κ2) is 3.77. The van der Waals surface area contributed by atoms with Crippen LogP contribution in [0.2, 0.25) is 0 Å². The minimum atomic E-state index is -2.84. The lowest BCUT2D eigenvalue weighted by Crippen LogP contribution is -2.21. The molecule has 1 saturated heterocycles. The predicted molar refractivity (Wildman–Crippen MR) is 57.5 cm³/mol. The summed E-state index contributed by atoms with van der Waals surface area (Å²) in [4.78, 5) is 8.14. The Morgan fingerprint density at radius 2 is 2.07 bits per heavy atom. The van der Waals surface area contributed by atoms with Gasteiger partial charge in [0.15, 0.2) is 9.84 Å². The van der Waals surface area contributed by atoms with E-state index in [2.05, 4.69) is 15.3 Å². The first kappa shape index (κ1) is 10.4. The highest BCUT2D eigenvalue weighted by Crippen LogP contribution is 2.14. The number of nitrogens with zero attached hydrogens (tertiary/aromatic N) is 2. The molecule has 6 heteroatoms. The SMILES string of the molecule is Cc1cnc(NC2CCS(=O)(=O)C2)nc1. The van der Waals surface area contributed by atoms with E-state index in [1.807, 2.05) is 6.92 Å². The molecule has 5 nitrogen and oxygen atoms in total. The molecule has 1 fully saturated rings. The van der Waals surface area contributed by atoms with Crippen molar-refractivity contribution < 1.29 is 8.42 Å². The van der Waals surface area contributed by atoms with Crippen molar-refractivity contribution in [2.45, 2.75) is 19.4 Å². The first-order valence-electron chi connectivity index (χ1n) is 4.81. The van der Waals surface area contributed by atoms with E-state index in [-0.39, 0.29) is 17.5 Å². The van der Waals surface area contributed by atoms with Crippen molar-refractivity contribution in [1.29, 1.82) is 0 Å². The van der Waals surface area contributed by atoms with Crippen molar-refractivity contribution in [3.8, 4) is 0 Å². The Labute approximate surface area is 88.9 Å². The van der Waals surface area contributed by atoms with E-state index in [0.29, 0.717) is 12.4 Å². The van der Waals surface area contributed by atoms with Crippen LogP contribution in [0.1, 0.15) is 12.0 Å². The van der Waals surface area contributed by atoms with Crippen molar-refractivity contribution in [3.63, 3.8) is 0 Å². The number of rotatable bonds is 2. The molecule has 1 aromatic rings. The third-order valence-corrected chi connectivity index (χ3v) is 4.11. The highest BCUT2D eigenvalue weighted by molar-refractivity contribution is 7.91. The Bertz CT molecular complexity index is 441. The minimum Gasteiger partial charge on any atom is -0.350 e. The van der Waals surface area contributed by atoms with E-state index in [1.165, 1.54) is 0 Å². The van der Waals surface area contributed by atoms with Gasteiger partial charge in [-0.05, 0) is 18.9 Å². The summed E-state index contributed by atoms with van der Waals surface area (Å²) in [6, 6.07) is -0.0438. The Kier molecular flexibility index (Phi) is 2.60. The Morgan fingerprint density at radius 3 is 2.60 bits per heavy atom. The molecule has 15 heavy (non-hydrogen) atoms. The van der Waals surface area contributed by atoms with Gasteiger partial charge in [0.05, 0.1) is 11.5 Å². The van der Waals surface area contributed by atoms with Gasteiger partial charge in [0.1, 0.15) is 0 Å². The zero-order chi connectivity index (χ0) is 10.9. The van der Waals surface area contributed by atoms with E-state index < -0.39 is 9.84 Å². The van der Waals surface area contributed by atoms with Crippen molar-refractivity contribution >= 4 is 15.8 Å². The molecule has 2 heterocycles. The first-order chi connectivity index (χ1) is 7.05. The number of aromatic nitrogens is 2. The van der Waals surface area contributed by atoms with Crippen LogP contribution in [0.3, 0.4) is 0 Å². The van der Waals surface area contributed by atoms with Gasteiger partial charge in [-0.25, -0.2) is 18.4 Å². The molecule has 0 bridgehead atoms. The van der Waals surface area contributed by atoms with E-state index in [0.717, 1.165) is 5.56 Å². The summed E-state index contributed by atoms with van der Waals surface area (Å²) in [6.07, 6.45) is 4.05. The zero-order valence-corrected chi connectivity index (χ0v) is 9.29. The van der Waals surface area contributed by atoms with Gasteiger partial charge in [-0.2, -0.15) is 0 Å². The molecule has 1 N–H and O–H groups in total. The van der Waals surface area contributed by atoms with Gasteiger partial charge in [-0.1, -0.05) is 0 Å². The molecule has 2 rings (SSSR count). The van der Waals surface area contributed by atoms with Gasteiger partial charge in [-0.3, -0.25) is 0 Å². The summed E-state index contributed by atoms with van der Waals surface area (Å²) in [5.74, 6) is 0.948. The highest BCUT2D eigenvalue weighted by atomic mass is 32.2. The lowest BCUT2D eigenvalue weighted by Gasteiger charge is -2.09.